The lowest BCUT2D eigenvalue weighted by Gasteiger charge is -2.48. The monoisotopic (exact) mass is 1140 g/mol. The number of hydrazine groups is 1. The van der Waals surface area contributed by atoms with Crippen molar-refractivity contribution in [3.05, 3.63) is 100 Å². The summed E-state index contributed by atoms with van der Waals surface area (Å²) in [5.41, 5.74) is 1.40. The van der Waals surface area contributed by atoms with E-state index in [2.05, 4.69) is 53.5 Å². The predicted octanol–water partition coefficient (Wildman–Crippen LogP) is 5.46. The van der Waals surface area contributed by atoms with Gasteiger partial charge in [0.15, 0.2) is 0 Å². The number of allylic oxidation sites excluding steroid dienone is 1. The van der Waals surface area contributed by atoms with Crippen molar-refractivity contribution >= 4 is 41.7 Å². The molecule has 2 unspecified atom stereocenters. The van der Waals surface area contributed by atoms with Gasteiger partial charge in [-0.25, -0.2) is 37.1 Å². The number of alkyl halides is 8. The van der Waals surface area contributed by atoms with E-state index in [1.807, 2.05) is 16.8 Å². The SMILES string of the molecule is COC(=O)N[C@H](C(=O)N[C@@H](Cc1ccc(C#Cc2ccc(N3CC4COCC(C3)N4C)nc2)cc1)[C@@H](O)CN(Cc1c(F)cc(C(N)=CC=NCC(F)F)cc1F)NC(=O)[C@@H](NC(=O)OC)C(C)(C)C(F)(F)F)C(C)(C)C(F)(F)F. The molecule has 0 aliphatic carbocycles. The maximum absolute atomic E-state index is 16.0. The van der Waals surface area contributed by atoms with Crippen LogP contribution in [0.2, 0.25) is 0 Å². The maximum atomic E-state index is 16.0. The van der Waals surface area contributed by atoms with Crippen LogP contribution in [0.25, 0.3) is 5.70 Å². The maximum Gasteiger partial charge on any atom is 0.407 e. The third-order valence-corrected chi connectivity index (χ3v) is 13.7. The third-order valence-electron chi connectivity index (χ3n) is 13.7. The number of nitrogens with two attached hydrogens (primary N) is 1. The number of ether oxygens (including phenoxy) is 3. The van der Waals surface area contributed by atoms with Crippen LogP contribution < -0.4 is 32.0 Å². The second kappa shape index (κ2) is 26.8. The average Bonchev–Trinajstić information content (AvgIpc) is 3.39. The van der Waals surface area contributed by atoms with Crippen molar-refractivity contribution in [3.8, 4) is 11.8 Å². The quantitative estimate of drug-likeness (QED) is 0.0358. The zero-order valence-electron chi connectivity index (χ0n) is 44.4. The van der Waals surface area contributed by atoms with Crippen LogP contribution in [0.3, 0.4) is 0 Å². The summed E-state index contributed by atoms with van der Waals surface area (Å²) in [7, 11) is 3.67. The second-order valence-electron chi connectivity index (χ2n) is 20.0. The molecule has 2 saturated heterocycles. The first kappa shape index (κ1) is 63.6. The minimum Gasteiger partial charge on any atom is -0.453 e. The molecule has 2 aliphatic heterocycles. The number of aliphatic hydroxyl groups excluding tert-OH is 1. The number of alkyl carbamates (subject to hydrolysis) is 2. The molecule has 28 heteroatoms. The Morgan fingerprint density at radius 3 is 1.88 bits per heavy atom. The normalized spacial score (nSPS) is 17.9. The Bertz CT molecular complexity index is 2740. The van der Waals surface area contributed by atoms with Crippen molar-refractivity contribution in [1.29, 1.82) is 0 Å². The lowest BCUT2D eigenvalue weighted by atomic mass is 9.82. The Labute approximate surface area is 454 Å². The van der Waals surface area contributed by atoms with Gasteiger partial charge in [0, 0.05) is 66.5 Å². The largest absolute Gasteiger partial charge is 0.453 e. The molecule has 3 heterocycles. The summed E-state index contributed by atoms with van der Waals surface area (Å²) in [4.78, 5) is 65.3. The number of methoxy groups -OCH3 is 2. The van der Waals surface area contributed by atoms with Gasteiger partial charge >= 0.3 is 24.5 Å². The fourth-order valence-corrected chi connectivity index (χ4v) is 8.36. The summed E-state index contributed by atoms with van der Waals surface area (Å²) in [5.74, 6) is 0.708. The number of rotatable bonds is 20. The zero-order valence-corrected chi connectivity index (χ0v) is 44.4. The number of nitrogens with one attached hydrogen (secondary N) is 4. The zero-order chi connectivity index (χ0) is 59.5. The minimum atomic E-state index is -5.23. The van der Waals surface area contributed by atoms with Crippen molar-refractivity contribution < 1.29 is 82.4 Å². The molecule has 7 N–H and O–H groups in total. The summed E-state index contributed by atoms with van der Waals surface area (Å²) < 4.78 is 159. The van der Waals surface area contributed by atoms with E-state index < -0.39 is 121 Å². The van der Waals surface area contributed by atoms with Gasteiger partial charge in [-0.2, -0.15) is 26.3 Å². The number of carbonyl (C=O) groups excluding carboxylic acids is 4. The van der Waals surface area contributed by atoms with Gasteiger partial charge in [0.05, 0.1) is 69.0 Å². The predicted molar refractivity (Wildman–Crippen MR) is 271 cm³/mol. The number of piperazine rings is 1. The number of aromatic nitrogens is 1. The number of carbonyl (C=O) groups is 4. The van der Waals surface area contributed by atoms with E-state index in [0.29, 0.717) is 69.2 Å². The highest BCUT2D eigenvalue weighted by Crippen LogP contribution is 2.42. The van der Waals surface area contributed by atoms with Crippen LogP contribution in [0.4, 0.5) is 59.3 Å². The molecule has 2 aromatic carbocycles. The Morgan fingerprint density at radius 2 is 1.38 bits per heavy atom. The second-order valence-corrected chi connectivity index (χ2v) is 20.0. The fourth-order valence-electron chi connectivity index (χ4n) is 8.36. The minimum absolute atomic E-state index is 0.214. The first-order valence-electron chi connectivity index (χ1n) is 24.6. The van der Waals surface area contributed by atoms with Gasteiger partial charge in [0.25, 0.3) is 12.3 Å². The summed E-state index contributed by atoms with van der Waals surface area (Å²) in [6, 6.07) is 4.65. The highest BCUT2D eigenvalue weighted by molar-refractivity contribution is 5.87. The Hall–Kier alpha value is -7.22. The van der Waals surface area contributed by atoms with Gasteiger partial charge in [-0.3, -0.25) is 24.9 Å². The number of aliphatic imine (C=N–C) groups is 1. The molecule has 438 valence electrons. The van der Waals surface area contributed by atoms with Crippen molar-refractivity contribution in [1.82, 2.24) is 36.3 Å². The number of pyridine rings is 1. The lowest BCUT2D eigenvalue weighted by molar-refractivity contribution is -0.221. The Morgan fingerprint density at radius 1 is 0.850 bits per heavy atom. The molecule has 3 aromatic rings. The molecule has 80 heavy (non-hydrogen) atoms. The number of morpholine rings is 1. The molecular formula is C52H62F10N10O8. The molecule has 2 fully saturated rings. The number of amides is 4. The molecule has 0 radical (unpaired) electrons. The molecule has 4 amide bonds. The van der Waals surface area contributed by atoms with Gasteiger partial charge < -0.3 is 45.9 Å². The number of hydrogen-bond donors (Lipinski definition) is 6. The molecular weight excluding hydrogens is 1080 g/mol. The number of fused-ring (bicyclic) bond motifs is 2. The molecule has 0 spiro atoms. The molecule has 2 aliphatic rings. The standard InChI is InChI=1S/C52H62F10N10O8/c1-49(2,51(57,58)59)43(67-47(76)78-6)45(74)66-39(18-30-11-8-29(9-12-30)10-13-31-14-15-42(65-21-31)71-23-33-27-80-28-34(24-71)70(33)5)40(73)26-72(69-46(75)44(68-48(77)79-7)50(3,4)52(60,61)62)25-35-36(53)19-32(20-37(35)54)38(63)16-17-64-22-41(55)56/h8-9,11-12,14-17,19-21,33-34,39-41,43-44,73H,18,22-28,63H2,1-7H3,(H,66,74)(H,67,76)(H,68,77)(H,69,75)/t33?,34?,39-,40-,43+,44+/m0/s1. The number of likely N-dealkylation sites (N-methyl/N-ethyl adjacent to an activating group) is 1. The van der Waals surface area contributed by atoms with Crippen LogP contribution in [0, 0.1) is 34.3 Å². The number of anilines is 1. The number of halogens is 10. The highest BCUT2D eigenvalue weighted by atomic mass is 19.4. The van der Waals surface area contributed by atoms with Crippen LogP contribution in [-0.2, 0) is 36.8 Å². The van der Waals surface area contributed by atoms with Crippen molar-refractivity contribution in [2.45, 2.75) is 95.8 Å². The van der Waals surface area contributed by atoms with Gasteiger partial charge in [-0.1, -0.05) is 24.0 Å². The fraction of sp³-hybridized carbons (Fsp3) is 0.500. The van der Waals surface area contributed by atoms with Gasteiger partial charge in [0.1, 0.15) is 29.5 Å². The smallest absolute Gasteiger partial charge is 0.407 e. The van der Waals surface area contributed by atoms with Crippen molar-refractivity contribution in [2.24, 2.45) is 21.6 Å². The van der Waals surface area contributed by atoms with E-state index >= 15 is 8.78 Å². The number of benzene rings is 2. The van der Waals surface area contributed by atoms with Crippen LogP contribution >= 0.6 is 0 Å². The van der Waals surface area contributed by atoms with E-state index in [4.69, 9.17) is 10.5 Å². The highest BCUT2D eigenvalue weighted by Gasteiger charge is 2.57. The van der Waals surface area contributed by atoms with Crippen LogP contribution in [0.5, 0.6) is 0 Å². The first-order valence-corrected chi connectivity index (χ1v) is 24.6. The molecule has 18 nitrogen and oxygen atoms in total. The Balaban J connectivity index is 1.51. The van der Waals surface area contributed by atoms with Gasteiger partial charge in [-0.15, -0.1) is 0 Å². The van der Waals surface area contributed by atoms with Gasteiger partial charge in [0.2, 0.25) is 5.91 Å². The van der Waals surface area contributed by atoms with Crippen molar-refractivity contribution in [2.75, 3.05) is 65.6 Å². The number of nitrogens with zero attached hydrogens (tertiary/aromatic N) is 5. The molecule has 1 aromatic heterocycles. The molecule has 6 atom stereocenters. The molecule has 0 saturated carbocycles. The van der Waals surface area contributed by atoms with E-state index in [1.165, 1.54) is 24.3 Å². The molecule has 5 rings (SSSR count). The Kier molecular flexibility index (Phi) is 21.3. The molecule has 2 bridgehead atoms. The first-order chi connectivity index (χ1) is 37.4. The van der Waals surface area contributed by atoms with E-state index in [-0.39, 0.29) is 28.9 Å². The van der Waals surface area contributed by atoms with E-state index in [1.54, 1.807) is 17.6 Å². The summed E-state index contributed by atoms with van der Waals surface area (Å²) in [6.07, 6.45) is -15.4. The van der Waals surface area contributed by atoms with Crippen molar-refractivity contribution in [3.63, 3.8) is 0 Å². The van der Waals surface area contributed by atoms with Crippen LogP contribution in [0.1, 0.15) is 55.5 Å². The van der Waals surface area contributed by atoms with Crippen LogP contribution in [0.15, 0.2) is 65.8 Å². The average molecular weight is 1150 g/mol. The third kappa shape index (κ3) is 16.4. The van der Waals surface area contributed by atoms with Crippen LogP contribution in [-0.4, -0.2) is 166 Å². The summed E-state index contributed by atoms with van der Waals surface area (Å²) in [6.45, 7) is 1.74. The summed E-state index contributed by atoms with van der Waals surface area (Å²) >= 11 is 0. The van der Waals surface area contributed by atoms with Gasteiger partial charge in [-0.05, 0) is 89.2 Å². The summed E-state index contributed by atoms with van der Waals surface area (Å²) in [5, 5.41) is 18.5. The van der Waals surface area contributed by atoms with E-state index in [9.17, 15) is 59.4 Å². The number of hydrogen-bond acceptors (Lipinski definition) is 14. The van der Waals surface area contributed by atoms with E-state index in [0.717, 1.165) is 45.4 Å². The topological polar surface area (TPSA) is 225 Å². The lowest BCUT2D eigenvalue weighted by Crippen LogP contribution is -2.63. The number of aliphatic hydroxyl groups is 1.